The minimum absolute atomic E-state index is 0.123. The van der Waals surface area contributed by atoms with Gasteiger partial charge in [-0.2, -0.15) is 0 Å². The highest BCUT2D eigenvalue weighted by atomic mass is 16.8. The lowest BCUT2D eigenvalue weighted by molar-refractivity contribution is -0.374. The summed E-state index contributed by atoms with van der Waals surface area (Å²) in [6.07, 6.45) is -4.83. The number of aliphatic hydroxyl groups is 2. The predicted molar refractivity (Wildman–Crippen MR) is 171 cm³/mol. The number of hydrogen-bond acceptors (Lipinski definition) is 11. The molecule has 49 heavy (non-hydrogen) atoms. The Bertz CT molecular complexity index is 1440. The van der Waals surface area contributed by atoms with Crippen LogP contribution in [0.5, 0.6) is 0 Å². The van der Waals surface area contributed by atoms with Crippen molar-refractivity contribution in [1.29, 1.82) is 0 Å². The first kappa shape index (κ1) is 39.3. The number of carboxylic acid groups (broad SMARTS) is 3. The molecule has 5 N–H and O–H groups in total. The second-order valence-electron chi connectivity index (χ2n) is 13.1. The van der Waals surface area contributed by atoms with Crippen LogP contribution in [0.25, 0.3) is 0 Å². The summed E-state index contributed by atoms with van der Waals surface area (Å²) in [5.41, 5.74) is -6.27. The molecule has 2 bridgehead atoms. The highest BCUT2D eigenvalue weighted by molar-refractivity contribution is 5.98. The van der Waals surface area contributed by atoms with Gasteiger partial charge in [-0.25, -0.2) is 19.2 Å². The van der Waals surface area contributed by atoms with Crippen molar-refractivity contribution in [3.8, 4) is 0 Å². The van der Waals surface area contributed by atoms with Gasteiger partial charge in [0.2, 0.25) is 23.1 Å². The number of ether oxygens (including phenoxy) is 4. The standard InChI is InChI=1S/C35H46O14/c1-7-19(2)17-20(3)13-14-25(37)47-28-27(38)33(48-29(30(39)40)34(45,31(41)42)35(28,49-33)32(43)44)16-15-21(4)26(46-23(6)36)22(5)18-24-11-9-8-10-12-24/h8-14,19-20,22,26-29,38,45H,4,7,15-18H2,1-3,5-6H3,(H,39,40)(H,41,42)(H,43,44)/b14-13+/t19-,20+,22+,26+,27+,28+,29+,33-,34+,35-/m0/s1/i29+1,34+1. The van der Waals surface area contributed by atoms with E-state index in [2.05, 4.69) is 6.58 Å². The van der Waals surface area contributed by atoms with Crippen LogP contribution in [0.3, 0.4) is 0 Å². The van der Waals surface area contributed by atoms with Crippen molar-refractivity contribution in [2.45, 2.75) is 108 Å². The fourth-order valence-electron chi connectivity index (χ4n) is 6.58. The zero-order valence-corrected chi connectivity index (χ0v) is 28.2. The van der Waals surface area contributed by atoms with Gasteiger partial charge in [0.15, 0.2) is 6.10 Å². The minimum Gasteiger partial charge on any atom is -0.479 e. The summed E-state index contributed by atoms with van der Waals surface area (Å²) in [7, 11) is 0. The largest absolute Gasteiger partial charge is 0.479 e. The first-order chi connectivity index (χ1) is 22.9. The third-order valence-electron chi connectivity index (χ3n) is 9.29. The van der Waals surface area contributed by atoms with E-state index in [9.17, 15) is 49.5 Å². The number of benzene rings is 1. The maximum absolute atomic E-state index is 13.0. The van der Waals surface area contributed by atoms with Crippen LogP contribution in [0.2, 0.25) is 0 Å². The van der Waals surface area contributed by atoms with E-state index < -0.39 is 77.7 Å². The predicted octanol–water partition coefficient (Wildman–Crippen LogP) is 2.88. The molecule has 2 aliphatic heterocycles. The number of carboxylic acids is 3. The number of hydrogen-bond donors (Lipinski definition) is 5. The smallest absolute Gasteiger partial charge is 0.344 e. The Morgan fingerprint density at radius 2 is 1.67 bits per heavy atom. The first-order valence-electron chi connectivity index (χ1n) is 16.1. The monoisotopic (exact) mass is 692 g/mol. The molecule has 0 radical (unpaired) electrons. The number of esters is 2. The van der Waals surface area contributed by atoms with Gasteiger partial charge in [-0.1, -0.05) is 77.1 Å². The Balaban J connectivity index is 2.02. The topological polar surface area (TPSA) is 223 Å². The minimum atomic E-state index is -3.90. The molecule has 2 aliphatic rings. The van der Waals surface area contributed by atoms with Crippen molar-refractivity contribution in [2.24, 2.45) is 17.8 Å². The number of aliphatic hydroxyl groups excluding tert-OH is 1. The van der Waals surface area contributed by atoms with Crippen LogP contribution in [0.1, 0.15) is 65.9 Å². The van der Waals surface area contributed by atoms with Gasteiger partial charge >= 0.3 is 29.8 Å². The van der Waals surface area contributed by atoms with Crippen LogP contribution >= 0.6 is 0 Å². The fraction of sp³-hybridized carbons (Fsp3) is 0.571. The number of aliphatic carboxylic acids is 3. The lowest BCUT2D eigenvalue weighted by Crippen LogP contribution is -2.78. The molecule has 0 saturated carbocycles. The van der Waals surface area contributed by atoms with Crippen molar-refractivity contribution < 1.29 is 68.5 Å². The Morgan fingerprint density at radius 3 is 2.20 bits per heavy atom. The van der Waals surface area contributed by atoms with Crippen molar-refractivity contribution in [2.75, 3.05) is 0 Å². The normalized spacial score (nSPS) is 30.1. The van der Waals surface area contributed by atoms with Gasteiger partial charge in [-0.05, 0) is 42.2 Å². The summed E-state index contributed by atoms with van der Waals surface area (Å²) >= 11 is 0. The summed E-state index contributed by atoms with van der Waals surface area (Å²) in [6, 6.07) is 9.29. The second kappa shape index (κ2) is 15.6. The van der Waals surface area contributed by atoms with Gasteiger partial charge in [0.1, 0.15) is 12.2 Å². The Hall–Kier alpha value is -4.11. The Kier molecular flexibility index (Phi) is 12.5. The number of fused-ring (bicyclic) bond motifs is 2. The van der Waals surface area contributed by atoms with Crippen molar-refractivity contribution in [3.63, 3.8) is 0 Å². The molecule has 10 atom stereocenters. The van der Waals surface area contributed by atoms with Gasteiger partial charge in [-0.3, -0.25) is 4.79 Å². The van der Waals surface area contributed by atoms with Crippen LogP contribution in [-0.2, 0) is 49.3 Å². The van der Waals surface area contributed by atoms with E-state index in [1.807, 2.05) is 51.1 Å². The van der Waals surface area contributed by atoms with Crippen LogP contribution < -0.4 is 0 Å². The van der Waals surface area contributed by atoms with Gasteiger partial charge in [-0.15, -0.1) is 0 Å². The van der Waals surface area contributed by atoms with Gasteiger partial charge in [0, 0.05) is 25.3 Å². The average molecular weight is 693 g/mol. The second-order valence-corrected chi connectivity index (χ2v) is 13.1. The fourth-order valence-corrected chi connectivity index (χ4v) is 6.58. The molecular formula is C35H46O14. The maximum atomic E-state index is 13.0. The molecule has 2 saturated heterocycles. The van der Waals surface area contributed by atoms with E-state index in [1.54, 1.807) is 6.92 Å². The van der Waals surface area contributed by atoms with E-state index in [0.29, 0.717) is 18.8 Å². The summed E-state index contributed by atoms with van der Waals surface area (Å²) in [6.45, 7) is 12.9. The molecule has 2 heterocycles. The average Bonchev–Trinajstić information content (AvgIpc) is 3.25. The van der Waals surface area contributed by atoms with Crippen LogP contribution in [0, 0.1) is 17.8 Å². The molecule has 0 amide bonds. The van der Waals surface area contributed by atoms with E-state index in [1.165, 1.54) is 13.0 Å². The lowest BCUT2D eigenvalue weighted by atomic mass is 9.88. The van der Waals surface area contributed by atoms with Crippen molar-refractivity contribution in [3.05, 3.63) is 60.2 Å². The molecule has 270 valence electrons. The molecule has 14 nitrogen and oxygen atoms in total. The quantitative estimate of drug-likeness (QED) is 0.0686. The molecule has 1 aromatic rings. The zero-order chi connectivity index (χ0) is 36.9. The van der Waals surface area contributed by atoms with Crippen LogP contribution in [-0.4, -0.2) is 96.8 Å². The van der Waals surface area contributed by atoms with E-state index in [-0.39, 0.29) is 23.8 Å². The highest BCUT2D eigenvalue weighted by Gasteiger charge is 2.85. The lowest BCUT2D eigenvalue weighted by Gasteiger charge is -2.48. The van der Waals surface area contributed by atoms with Crippen LogP contribution in [0.15, 0.2) is 54.6 Å². The van der Waals surface area contributed by atoms with Gasteiger partial charge in [0.25, 0.3) is 0 Å². The maximum Gasteiger partial charge on any atom is 0.344 e. The highest BCUT2D eigenvalue weighted by Crippen LogP contribution is 2.56. The Labute approximate surface area is 284 Å². The van der Waals surface area contributed by atoms with Crippen LogP contribution in [0.4, 0.5) is 0 Å². The summed E-state index contributed by atoms with van der Waals surface area (Å²) in [5.74, 6) is -11.3. The van der Waals surface area contributed by atoms with E-state index in [0.717, 1.165) is 18.1 Å². The molecular weight excluding hydrogens is 646 g/mol. The summed E-state index contributed by atoms with van der Waals surface area (Å²) in [4.78, 5) is 63.0. The van der Waals surface area contributed by atoms with Gasteiger partial charge < -0.3 is 44.5 Å². The van der Waals surface area contributed by atoms with Crippen molar-refractivity contribution >= 4 is 29.8 Å². The van der Waals surface area contributed by atoms with E-state index >= 15 is 0 Å². The number of carbonyl (C=O) groups is 5. The van der Waals surface area contributed by atoms with Gasteiger partial charge in [0.05, 0.1) is 0 Å². The molecule has 0 aromatic heterocycles. The first-order valence-corrected chi connectivity index (χ1v) is 16.1. The third-order valence-corrected chi connectivity index (χ3v) is 9.29. The Morgan fingerprint density at radius 1 is 1.04 bits per heavy atom. The number of carbonyl (C=O) groups excluding carboxylic acids is 2. The molecule has 3 rings (SSSR count). The molecule has 1 aromatic carbocycles. The van der Waals surface area contributed by atoms with E-state index in [4.69, 9.17) is 18.9 Å². The number of rotatable bonds is 17. The SMILES string of the molecule is C=C(CC[C@]12O[13C@H](C(=O)O)[13C@@](O)(C(=O)O)[C@](C(=O)O)(O1)[C@H](OC(=O)/C=C/[C@@H](C)C[C@@H](C)CC)[C@H]2O)[C@@H](OC(C)=O)[C@H](C)Cc1ccccc1. The summed E-state index contributed by atoms with van der Waals surface area (Å²) < 4.78 is 22.0. The molecule has 14 heteroatoms. The molecule has 2 fully saturated rings. The zero-order valence-electron chi connectivity index (χ0n) is 28.2. The summed E-state index contributed by atoms with van der Waals surface area (Å²) in [5, 5.41) is 53.5. The van der Waals surface area contributed by atoms with Crippen molar-refractivity contribution in [1.82, 2.24) is 0 Å². The molecule has 0 aliphatic carbocycles. The molecule has 0 spiro atoms. The third kappa shape index (κ3) is 7.88. The number of allylic oxidation sites excluding steroid dienone is 1. The molecule has 0 unspecified atom stereocenters.